The number of piperidine rings is 1. The Bertz CT molecular complexity index is 1230. The van der Waals surface area contributed by atoms with Crippen LogP contribution in [0.15, 0.2) is 65.5 Å². The van der Waals surface area contributed by atoms with Gasteiger partial charge in [0.25, 0.3) is 5.56 Å². The number of methoxy groups -OCH3 is 1. The number of carbonyl (C=O) groups excluding carboxylic acids is 2. The van der Waals surface area contributed by atoms with Crippen LogP contribution in [-0.4, -0.2) is 41.9 Å². The number of amides is 1. The van der Waals surface area contributed by atoms with E-state index in [1.807, 2.05) is 24.3 Å². The largest absolute Gasteiger partial charge is 0.465 e. The number of benzene rings is 2. The summed E-state index contributed by atoms with van der Waals surface area (Å²) in [6.07, 6.45) is 2.20. The van der Waals surface area contributed by atoms with Crippen molar-refractivity contribution in [3.05, 3.63) is 82.1 Å². The van der Waals surface area contributed by atoms with Crippen LogP contribution in [0.2, 0.25) is 0 Å². The molecular formula is C26H28N4O4. The molecule has 1 N–H and O–H groups in total. The molecule has 0 unspecified atom stereocenters. The van der Waals surface area contributed by atoms with Gasteiger partial charge in [-0.05, 0) is 55.2 Å². The van der Waals surface area contributed by atoms with Gasteiger partial charge in [-0.2, -0.15) is 4.68 Å². The van der Waals surface area contributed by atoms with Crippen molar-refractivity contribution in [2.45, 2.75) is 26.2 Å². The van der Waals surface area contributed by atoms with Crippen molar-refractivity contribution in [3.8, 4) is 5.69 Å². The summed E-state index contributed by atoms with van der Waals surface area (Å²) in [4.78, 5) is 39.3. The van der Waals surface area contributed by atoms with Gasteiger partial charge in [-0.1, -0.05) is 31.2 Å². The average molecular weight is 461 g/mol. The summed E-state index contributed by atoms with van der Waals surface area (Å²) in [6.45, 7) is 3.36. The van der Waals surface area contributed by atoms with E-state index in [1.165, 1.54) is 23.4 Å². The molecule has 1 saturated heterocycles. The number of ether oxygens (including phenoxy) is 1. The van der Waals surface area contributed by atoms with E-state index in [2.05, 4.69) is 22.2 Å². The molecule has 8 heteroatoms. The Hall–Kier alpha value is -3.94. The first-order valence-corrected chi connectivity index (χ1v) is 11.4. The third kappa shape index (κ3) is 5.01. The zero-order valence-corrected chi connectivity index (χ0v) is 19.4. The third-order valence-corrected chi connectivity index (χ3v) is 6.16. The van der Waals surface area contributed by atoms with Crippen molar-refractivity contribution < 1.29 is 14.3 Å². The van der Waals surface area contributed by atoms with E-state index in [0.717, 1.165) is 12.1 Å². The van der Waals surface area contributed by atoms with Crippen LogP contribution in [0.4, 0.5) is 11.5 Å². The molecule has 4 rings (SSSR count). The summed E-state index contributed by atoms with van der Waals surface area (Å²) < 4.78 is 6.21. The van der Waals surface area contributed by atoms with Gasteiger partial charge in [0.1, 0.15) is 5.82 Å². The number of rotatable bonds is 6. The summed E-state index contributed by atoms with van der Waals surface area (Å²) in [5, 5.41) is 7.46. The Morgan fingerprint density at radius 2 is 1.74 bits per heavy atom. The molecule has 1 fully saturated rings. The number of carbonyl (C=O) groups is 2. The number of para-hydroxylation sites is 1. The minimum atomic E-state index is -0.490. The lowest BCUT2D eigenvalue weighted by atomic mass is 9.95. The van der Waals surface area contributed by atoms with E-state index in [9.17, 15) is 14.4 Å². The Morgan fingerprint density at radius 3 is 2.41 bits per heavy atom. The second-order valence-corrected chi connectivity index (χ2v) is 8.25. The smallest absolute Gasteiger partial charge is 0.339 e. The third-order valence-electron chi connectivity index (χ3n) is 6.16. The summed E-state index contributed by atoms with van der Waals surface area (Å²) in [6, 6.07) is 17.9. The lowest BCUT2D eigenvalue weighted by Crippen LogP contribution is -2.39. The van der Waals surface area contributed by atoms with Crippen molar-refractivity contribution in [1.29, 1.82) is 0 Å². The first kappa shape index (κ1) is 23.2. The standard InChI is InChI=1S/C26H28N4O4/c1-3-18-8-10-20(11-9-18)30-24(31)13-12-23(28-30)29-16-14-19(15-17-29)25(32)27-22-7-5-4-6-21(22)26(33)34-2/h4-13,19H,3,14-17H2,1-2H3,(H,27,32). The predicted octanol–water partition coefficient (Wildman–Crippen LogP) is 3.44. The van der Waals surface area contributed by atoms with Crippen LogP contribution in [0.3, 0.4) is 0 Å². The number of hydrogen-bond acceptors (Lipinski definition) is 6. The zero-order chi connectivity index (χ0) is 24.1. The van der Waals surface area contributed by atoms with Crippen LogP contribution in [0.1, 0.15) is 35.7 Å². The molecular weight excluding hydrogens is 432 g/mol. The van der Waals surface area contributed by atoms with Gasteiger partial charge in [0.05, 0.1) is 24.0 Å². The molecule has 0 bridgehead atoms. The summed E-state index contributed by atoms with van der Waals surface area (Å²) in [7, 11) is 1.31. The minimum Gasteiger partial charge on any atom is -0.465 e. The van der Waals surface area contributed by atoms with Crippen LogP contribution in [0, 0.1) is 5.92 Å². The van der Waals surface area contributed by atoms with E-state index in [0.29, 0.717) is 43.0 Å². The average Bonchev–Trinajstić information content (AvgIpc) is 2.89. The van der Waals surface area contributed by atoms with E-state index in [4.69, 9.17) is 4.74 Å². The van der Waals surface area contributed by atoms with Gasteiger partial charge in [-0.15, -0.1) is 5.10 Å². The van der Waals surface area contributed by atoms with Gasteiger partial charge in [0, 0.05) is 25.1 Å². The van der Waals surface area contributed by atoms with E-state index >= 15 is 0 Å². The molecule has 34 heavy (non-hydrogen) atoms. The number of anilines is 2. The molecule has 0 radical (unpaired) electrons. The number of aryl methyl sites for hydroxylation is 1. The maximum Gasteiger partial charge on any atom is 0.339 e. The first-order chi connectivity index (χ1) is 16.5. The molecule has 176 valence electrons. The molecule has 2 aromatic carbocycles. The van der Waals surface area contributed by atoms with Crippen LogP contribution < -0.4 is 15.8 Å². The number of nitrogens with one attached hydrogen (secondary N) is 1. The number of nitrogens with zero attached hydrogens (tertiary/aromatic N) is 3. The molecule has 3 aromatic rings. The van der Waals surface area contributed by atoms with Gasteiger partial charge in [-0.25, -0.2) is 4.79 Å². The first-order valence-electron chi connectivity index (χ1n) is 11.4. The Kier molecular flexibility index (Phi) is 7.06. The SMILES string of the molecule is CCc1ccc(-n2nc(N3CCC(C(=O)Nc4ccccc4C(=O)OC)CC3)ccc2=O)cc1. The van der Waals surface area contributed by atoms with Crippen molar-refractivity contribution in [1.82, 2.24) is 9.78 Å². The lowest BCUT2D eigenvalue weighted by molar-refractivity contribution is -0.120. The predicted molar refractivity (Wildman–Crippen MR) is 131 cm³/mol. The van der Waals surface area contributed by atoms with E-state index in [-0.39, 0.29) is 17.4 Å². The Morgan fingerprint density at radius 1 is 1.03 bits per heavy atom. The Balaban J connectivity index is 1.43. The monoisotopic (exact) mass is 460 g/mol. The Labute approximate surface area is 198 Å². The second kappa shape index (κ2) is 10.3. The molecule has 0 atom stereocenters. The molecule has 8 nitrogen and oxygen atoms in total. The highest BCUT2D eigenvalue weighted by atomic mass is 16.5. The summed E-state index contributed by atoms with van der Waals surface area (Å²) >= 11 is 0. The maximum atomic E-state index is 12.9. The van der Waals surface area contributed by atoms with Crippen molar-refractivity contribution >= 4 is 23.4 Å². The molecule has 1 aliphatic rings. The molecule has 1 aliphatic heterocycles. The fourth-order valence-corrected chi connectivity index (χ4v) is 4.11. The molecule has 1 amide bonds. The summed E-state index contributed by atoms with van der Waals surface area (Å²) in [5.74, 6) is -0.0929. The van der Waals surface area contributed by atoms with Gasteiger partial charge in [0.2, 0.25) is 5.91 Å². The van der Waals surface area contributed by atoms with E-state index < -0.39 is 5.97 Å². The van der Waals surface area contributed by atoms with Gasteiger partial charge >= 0.3 is 5.97 Å². The van der Waals surface area contributed by atoms with Crippen LogP contribution in [0.25, 0.3) is 5.69 Å². The van der Waals surface area contributed by atoms with Gasteiger partial charge < -0.3 is 15.0 Å². The highest BCUT2D eigenvalue weighted by molar-refractivity contribution is 6.01. The van der Waals surface area contributed by atoms with Gasteiger partial charge in [0.15, 0.2) is 0 Å². The fourth-order valence-electron chi connectivity index (χ4n) is 4.11. The fraction of sp³-hybridized carbons (Fsp3) is 0.308. The summed E-state index contributed by atoms with van der Waals surface area (Å²) in [5.41, 5.74) is 2.51. The second-order valence-electron chi connectivity index (χ2n) is 8.25. The molecule has 0 aliphatic carbocycles. The molecule has 1 aromatic heterocycles. The highest BCUT2D eigenvalue weighted by Gasteiger charge is 2.27. The quantitative estimate of drug-likeness (QED) is 0.567. The van der Waals surface area contributed by atoms with Crippen LogP contribution in [0.5, 0.6) is 0 Å². The van der Waals surface area contributed by atoms with E-state index in [1.54, 1.807) is 30.3 Å². The minimum absolute atomic E-state index is 0.120. The van der Waals surface area contributed by atoms with Crippen molar-refractivity contribution in [2.24, 2.45) is 5.92 Å². The number of hydrogen-bond donors (Lipinski definition) is 1. The zero-order valence-electron chi connectivity index (χ0n) is 19.4. The lowest BCUT2D eigenvalue weighted by Gasteiger charge is -2.32. The molecule has 0 spiro atoms. The van der Waals surface area contributed by atoms with Crippen molar-refractivity contribution in [2.75, 3.05) is 30.4 Å². The number of aromatic nitrogens is 2. The highest BCUT2D eigenvalue weighted by Crippen LogP contribution is 2.24. The topological polar surface area (TPSA) is 93.5 Å². The number of esters is 1. The maximum absolute atomic E-state index is 12.9. The van der Waals surface area contributed by atoms with Crippen LogP contribution in [-0.2, 0) is 16.0 Å². The molecule has 2 heterocycles. The normalized spacial score (nSPS) is 14.0. The van der Waals surface area contributed by atoms with Crippen LogP contribution >= 0.6 is 0 Å². The van der Waals surface area contributed by atoms with Gasteiger partial charge in [-0.3, -0.25) is 9.59 Å². The molecule has 0 saturated carbocycles. The van der Waals surface area contributed by atoms with Crippen molar-refractivity contribution in [3.63, 3.8) is 0 Å².